The molecule has 0 radical (unpaired) electrons. The summed E-state index contributed by atoms with van der Waals surface area (Å²) in [5.41, 5.74) is 1.11. The van der Waals surface area contributed by atoms with Crippen molar-refractivity contribution in [2.75, 3.05) is 0 Å². The fraction of sp³-hybridized carbons (Fsp3) is 0.438. The minimum absolute atomic E-state index is 0.102. The Hall–Kier alpha value is -2.37. The number of hydrogen-bond donors (Lipinski definition) is 1. The highest BCUT2D eigenvalue weighted by Crippen LogP contribution is 2.12. The van der Waals surface area contributed by atoms with E-state index in [1.54, 1.807) is 6.33 Å². The first-order valence-corrected chi connectivity index (χ1v) is 7.44. The van der Waals surface area contributed by atoms with E-state index in [2.05, 4.69) is 15.5 Å². The molecule has 0 saturated carbocycles. The molecular formula is C16H23N5O. The van der Waals surface area contributed by atoms with Crippen LogP contribution >= 0.6 is 0 Å². The third kappa shape index (κ3) is 3.84. The molecule has 0 spiro atoms. The molecule has 1 N–H and O–H groups in total. The van der Waals surface area contributed by atoms with Gasteiger partial charge in [0.25, 0.3) is 0 Å². The predicted molar refractivity (Wildman–Crippen MR) is 85.1 cm³/mol. The van der Waals surface area contributed by atoms with Crippen molar-refractivity contribution in [2.45, 2.75) is 39.4 Å². The highest BCUT2D eigenvalue weighted by atomic mass is 16.2. The molecule has 0 fully saturated rings. The van der Waals surface area contributed by atoms with Gasteiger partial charge in [-0.1, -0.05) is 30.3 Å². The molecule has 1 aromatic heterocycles. The number of rotatable bonds is 5. The molecule has 0 aliphatic carbocycles. The van der Waals surface area contributed by atoms with Crippen molar-refractivity contribution in [2.24, 2.45) is 7.05 Å². The van der Waals surface area contributed by atoms with E-state index >= 15 is 0 Å². The molecule has 1 aromatic carbocycles. The van der Waals surface area contributed by atoms with Crippen molar-refractivity contribution in [1.82, 2.24) is 25.0 Å². The van der Waals surface area contributed by atoms with Crippen molar-refractivity contribution in [1.29, 1.82) is 0 Å². The molecule has 2 aromatic rings. The second kappa shape index (κ2) is 7.06. The summed E-state index contributed by atoms with van der Waals surface area (Å²) < 4.78 is 1.81. The smallest absolute Gasteiger partial charge is 0.318 e. The van der Waals surface area contributed by atoms with Gasteiger partial charge in [-0.05, 0) is 26.3 Å². The highest BCUT2D eigenvalue weighted by Gasteiger charge is 2.21. The molecule has 0 aliphatic rings. The van der Waals surface area contributed by atoms with Crippen LogP contribution in [0.4, 0.5) is 4.79 Å². The fourth-order valence-corrected chi connectivity index (χ4v) is 2.29. The van der Waals surface area contributed by atoms with Gasteiger partial charge >= 0.3 is 6.03 Å². The molecule has 2 amide bonds. The Bertz CT molecular complexity index is 608. The van der Waals surface area contributed by atoms with Gasteiger partial charge in [-0.15, -0.1) is 10.2 Å². The maximum atomic E-state index is 12.6. The average Bonchev–Trinajstić information content (AvgIpc) is 2.91. The lowest BCUT2D eigenvalue weighted by Crippen LogP contribution is -2.44. The topological polar surface area (TPSA) is 63.1 Å². The second-order valence-corrected chi connectivity index (χ2v) is 5.68. The lowest BCUT2D eigenvalue weighted by atomic mass is 10.2. The molecule has 118 valence electrons. The van der Waals surface area contributed by atoms with Crippen LogP contribution in [0.5, 0.6) is 0 Å². The van der Waals surface area contributed by atoms with E-state index < -0.39 is 0 Å². The third-order valence-corrected chi connectivity index (χ3v) is 3.55. The Morgan fingerprint density at radius 1 is 1.27 bits per heavy atom. The Balaban J connectivity index is 2.05. The summed E-state index contributed by atoms with van der Waals surface area (Å²) in [6.45, 7) is 6.50. The van der Waals surface area contributed by atoms with Gasteiger partial charge in [0.1, 0.15) is 6.33 Å². The number of nitrogens with zero attached hydrogens (tertiary/aromatic N) is 4. The first-order valence-electron chi connectivity index (χ1n) is 7.44. The summed E-state index contributed by atoms with van der Waals surface area (Å²) in [6.07, 6.45) is 1.63. The van der Waals surface area contributed by atoms with E-state index in [-0.39, 0.29) is 18.1 Å². The van der Waals surface area contributed by atoms with Crippen molar-refractivity contribution in [3.63, 3.8) is 0 Å². The number of aromatic nitrogens is 3. The monoisotopic (exact) mass is 301 g/mol. The largest absolute Gasteiger partial charge is 0.328 e. The van der Waals surface area contributed by atoms with Crippen molar-refractivity contribution >= 4 is 6.03 Å². The molecule has 6 heteroatoms. The zero-order valence-electron chi connectivity index (χ0n) is 13.5. The summed E-state index contributed by atoms with van der Waals surface area (Å²) in [6, 6.07) is 9.78. The molecular weight excluding hydrogens is 278 g/mol. The quantitative estimate of drug-likeness (QED) is 0.923. The van der Waals surface area contributed by atoms with Crippen molar-refractivity contribution in [3.8, 4) is 0 Å². The molecule has 0 aliphatic heterocycles. The van der Waals surface area contributed by atoms with Gasteiger partial charge in [-0.25, -0.2) is 4.79 Å². The van der Waals surface area contributed by atoms with Gasteiger partial charge in [-0.2, -0.15) is 0 Å². The Labute approximate surface area is 131 Å². The second-order valence-electron chi connectivity index (χ2n) is 5.68. The van der Waals surface area contributed by atoms with E-state index in [1.165, 1.54) is 0 Å². The van der Waals surface area contributed by atoms with Crippen LogP contribution in [-0.2, 0) is 13.6 Å². The van der Waals surface area contributed by atoms with Crippen LogP contribution in [0.1, 0.15) is 38.2 Å². The highest BCUT2D eigenvalue weighted by molar-refractivity contribution is 5.74. The molecule has 22 heavy (non-hydrogen) atoms. The first-order chi connectivity index (χ1) is 10.5. The number of carbonyl (C=O) groups is 1. The van der Waals surface area contributed by atoms with E-state index in [9.17, 15) is 4.79 Å². The normalized spacial score (nSPS) is 12.2. The maximum absolute atomic E-state index is 12.6. The number of amides is 2. The molecule has 1 atom stereocenters. The van der Waals surface area contributed by atoms with Gasteiger partial charge in [-0.3, -0.25) is 0 Å². The Kier molecular flexibility index (Phi) is 5.14. The number of carbonyl (C=O) groups excluding carboxylic acids is 1. The number of urea groups is 1. The van der Waals surface area contributed by atoms with Gasteiger partial charge in [0.05, 0.1) is 6.04 Å². The predicted octanol–water partition coefficient (Wildman–Crippen LogP) is 2.50. The summed E-state index contributed by atoms with van der Waals surface area (Å²) in [4.78, 5) is 14.4. The Morgan fingerprint density at radius 2 is 1.95 bits per heavy atom. The number of benzene rings is 1. The van der Waals surface area contributed by atoms with Crippen molar-refractivity contribution < 1.29 is 4.79 Å². The number of nitrogens with one attached hydrogen (secondary N) is 1. The lowest BCUT2D eigenvalue weighted by molar-refractivity contribution is 0.176. The molecule has 1 heterocycles. The maximum Gasteiger partial charge on any atom is 0.318 e. The van der Waals surface area contributed by atoms with Crippen LogP contribution in [0.2, 0.25) is 0 Å². The van der Waals surface area contributed by atoms with Crippen LogP contribution in [0.25, 0.3) is 0 Å². The molecule has 6 nitrogen and oxygen atoms in total. The number of hydrogen-bond acceptors (Lipinski definition) is 3. The fourth-order valence-electron chi connectivity index (χ4n) is 2.29. The van der Waals surface area contributed by atoms with E-state index in [0.29, 0.717) is 6.54 Å². The van der Waals surface area contributed by atoms with Gasteiger partial charge in [0.2, 0.25) is 0 Å². The SMILES string of the molecule is CC(C)N(Cc1ccccc1)C(=O)N[C@H](C)c1nncn1C. The minimum Gasteiger partial charge on any atom is -0.328 e. The van der Waals surface area contributed by atoms with Gasteiger partial charge in [0.15, 0.2) is 5.82 Å². The zero-order valence-corrected chi connectivity index (χ0v) is 13.5. The summed E-state index contributed by atoms with van der Waals surface area (Å²) >= 11 is 0. The van der Waals surface area contributed by atoms with Gasteiger partial charge < -0.3 is 14.8 Å². The van der Waals surface area contributed by atoms with Crippen LogP contribution in [-0.4, -0.2) is 31.7 Å². The van der Waals surface area contributed by atoms with Crippen LogP contribution in [0.15, 0.2) is 36.7 Å². The average molecular weight is 301 g/mol. The van der Waals surface area contributed by atoms with E-state index in [0.717, 1.165) is 11.4 Å². The molecule has 2 rings (SSSR count). The molecule has 0 saturated heterocycles. The van der Waals surface area contributed by atoms with Crippen LogP contribution in [0, 0.1) is 0 Å². The third-order valence-electron chi connectivity index (χ3n) is 3.55. The molecule has 0 bridgehead atoms. The van der Waals surface area contributed by atoms with Crippen LogP contribution in [0.3, 0.4) is 0 Å². The summed E-state index contributed by atoms with van der Waals surface area (Å²) in [7, 11) is 1.86. The minimum atomic E-state index is -0.197. The zero-order chi connectivity index (χ0) is 16.1. The first kappa shape index (κ1) is 16.0. The van der Waals surface area contributed by atoms with Crippen LogP contribution < -0.4 is 5.32 Å². The van der Waals surface area contributed by atoms with E-state index in [4.69, 9.17) is 0 Å². The van der Waals surface area contributed by atoms with Gasteiger partial charge in [0, 0.05) is 19.6 Å². The standard InChI is InChI=1S/C16H23N5O/c1-12(2)21(10-14-8-6-5-7-9-14)16(22)18-13(3)15-19-17-11-20(15)4/h5-9,11-13H,10H2,1-4H3,(H,18,22)/t13-/m1/s1. The molecule has 0 unspecified atom stereocenters. The summed E-state index contributed by atoms with van der Waals surface area (Å²) in [5.74, 6) is 0.733. The summed E-state index contributed by atoms with van der Waals surface area (Å²) in [5, 5.41) is 10.9. The van der Waals surface area contributed by atoms with Crippen molar-refractivity contribution in [3.05, 3.63) is 48.0 Å². The lowest BCUT2D eigenvalue weighted by Gasteiger charge is -2.28. The van der Waals surface area contributed by atoms with E-state index in [1.807, 2.05) is 67.6 Å². The Morgan fingerprint density at radius 3 is 2.50 bits per heavy atom. The number of aryl methyl sites for hydroxylation is 1.